The third-order valence-electron chi connectivity index (χ3n) is 5.87. The van der Waals surface area contributed by atoms with Gasteiger partial charge in [-0.05, 0) is 45.3 Å². The van der Waals surface area contributed by atoms with E-state index in [0.717, 1.165) is 32.1 Å². The number of carbonyl (C=O) groups is 1. The fraction of sp³-hybridized carbons (Fsp3) is 0.792. The predicted octanol–water partition coefficient (Wildman–Crippen LogP) is 5.97. The molecule has 5 atom stereocenters. The SMILES string of the molecule is CCCCC[C@@H](/C=C/[C@@H]1[C@@H](C/C=C/CCCC(=O)OC)[C@@H]2C[C@H]1OO2)O[Si](C)(C)C. The van der Waals surface area contributed by atoms with Crippen LogP contribution in [-0.2, 0) is 23.7 Å². The van der Waals surface area contributed by atoms with Gasteiger partial charge in [-0.15, -0.1) is 0 Å². The van der Waals surface area contributed by atoms with Crippen LogP contribution in [-0.4, -0.2) is 39.7 Å². The molecule has 1 aliphatic heterocycles. The van der Waals surface area contributed by atoms with E-state index in [1.54, 1.807) is 0 Å². The van der Waals surface area contributed by atoms with Crippen LogP contribution in [0.1, 0.15) is 64.7 Å². The lowest BCUT2D eigenvalue weighted by molar-refractivity contribution is -0.336. The normalized spacial score (nSPS) is 27.4. The molecule has 2 bridgehead atoms. The molecule has 0 unspecified atom stereocenters. The highest BCUT2D eigenvalue weighted by Crippen LogP contribution is 2.45. The smallest absolute Gasteiger partial charge is 0.305 e. The minimum atomic E-state index is -1.59. The van der Waals surface area contributed by atoms with Crippen molar-refractivity contribution >= 4 is 14.3 Å². The minimum absolute atomic E-state index is 0.138. The molecule has 0 aromatic heterocycles. The Bertz CT molecular complexity index is 568. The first-order chi connectivity index (χ1) is 14.3. The van der Waals surface area contributed by atoms with Crippen molar-refractivity contribution in [1.82, 2.24) is 0 Å². The zero-order valence-corrected chi connectivity index (χ0v) is 20.6. The van der Waals surface area contributed by atoms with Crippen LogP contribution in [0.4, 0.5) is 0 Å². The molecule has 0 N–H and O–H groups in total. The van der Waals surface area contributed by atoms with Gasteiger partial charge in [0.15, 0.2) is 8.32 Å². The molecule has 1 heterocycles. The van der Waals surface area contributed by atoms with Gasteiger partial charge in [-0.2, -0.15) is 0 Å². The summed E-state index contributed by atoms with van der Waals surface area (Å²) >= 11 is 0. The molecule has 2 fully saturated rings. The first-order valence-corrected chi connectivity index (χ1v) is 15.1. The highest BCUT2D eigenvalue weighted by Gasteiger charge is 2.49. The number of carbonyl (C=O) groups excluding carboxylic acids is 1. The molecule has 0 spiro atoms. The lowest BCUT2D eigenvalue weighted by Gasteiger charge is -2.28. The second-order valence-corrected chi connectivity index (χ2v) is 14.0. The lowest BCUT2D eigenvalue weighted by atomic mass is 9.89. The molecule has 5 nitrogen and oxygen atoms in total. The molecule has 0 aromatic carbocycles. The summed E-state index contributed by atoms with van der Waals surface area (Å²) in [6.45, 7) is 9.02. The van der Waals surface area contributed by atoms with Gasteiger partial charge in [0.2, 0.25) is 0 Å². The van der Waals surface area contributed by atoms with Gasteiger partial charge >= 0.3 is 5.97 Å². The average molecular weight is 439 g/mol. The van der Waals surface area contributed by atoms with E-state index in [4.69, 9.17) is 14.2 Å². The van der Waals surface area contributed by atoms with Gasteiger partial charge < -0.3 is 9.16 Å². The molecule has 2 rings (SSSR count). The molecule has 6 heteroatoms. The molecule has 172 valence electrons. The van der Waals surface area contributed by atoms with E-state index < -0.39 is 8.32 Å². The Balaban J connectivity index is 1.89. The van der Waals surface area contributed by atoms with Gasteiger partial charge in [0.25, 0.3) is 0 Å². The van der Waals surface area contributed by atoms with Gasteiger partial charge in [0.1, 0.15) is 6.10 Å². The van der Waals surface area contributed by atoms with Crippen LogP contribution in [0.15, 0.2) is 24.3 Å². The highest BCUT2D eigenvalue weighted by atomic mass is 28.4. The Morgan fingerprint density at radius 2 is 1.90 bits per heavy atom. The predicted molar refractivity (Wildman–Crippen MR) is 122 cm³/mol. The second-order valence-electron chi connectivity index (χ2n) is 9.57. The van der Waals surface area contributed by atoms with Gasteiger partial charge in [-0.3, -0.25) is 4.79 Å². The number of hydrogen-bond acceptors (Lipinski definition) is 5. The fourth-order valence-electron chi connectivity index (χ4n) is 4.35. The molecule has 30 heavy (non-hydrogen) atoms. The third kappa shape index (κ3) is 8.65. The second kappa shape index (κ2) is 12.8. The van der Waals surface area contributed by atoms with Crippen LogP contribution in [0.25, 0.3) is 0 Å². The summed E-state index contributed by atoms with van der Waals surface area (Å²) in [5.41, 5.74) is 0. The van der Waals surface area contributed by atoms with Crippen LogP contribution in [0.2, 0.25) is 19.6 Å². The van der Waals surface area contributed by atoms with E-state index in [-0.39, 0.29) is 24.3 Å². The van der Waals surface area contributed by atoms with Gasteiger partial charge in [0, 0.05) is 24.7 Å². The van der Waals surface area contributed by atoms with Crippen molar-refractivity contribution in [2.75, 3.05) is 7.11 Å². The van der Waals surface area contributed by atoms with Crippen molar-refractivity contribution in [2.45, 2.75) is 103 Å². The summed E-state index contributed by atoms with van der Waals surface area (Å²) in [4.78, 5) is 22.3. The Labute approximate surface area is 184 Å². The Morgan fingerprint density at radius 1 is 1.13 bits per heavy atom. The van der Waals surface area contributed by atoms with E-state index in [1.807, 2.05) is 0 Å². The summed E-state index contributed by atoms with van der Waals surface area (Å²) in [6, 6.07) is 0. The zero-order valence-electron chi connectivity index (χ0n) is 19.6. The topological polar surface area (TPSA) is 54.0 Å². The Morgan fingerprint density at radius 3 is 2.60 bits per heavy atom. The number of esters is 1. The summed E-state index contributed by atoms with van der Waals surface area (Å²) < 4.78 is 11.1. The fourth-order valence-corrected chi connectivity index (χ4v) is 5.46. The van der Waals surface area contributed by atoms with Crippen molar-refractivity contribution in [3.8, 4) is 0 Å². The maximum absolute atomic E-state index is 11.2. The zero-order chi connectivity index (χ0) is 22.0. The molecule has 2 aliphatic rings. The van der Waals surface area contributed by atoms with Crippen LogP contribution < -0.4 is 0 Å². The van der Waals surface area contributed by atoms with Crippen LogP contribution >= 0.6 is 0 Å². The number of allylic oxidation sites excluding steroid dienone is 2. The highest BCUT2D eigenvalue weighted by molar-refractivity contribution is 6.69. The largest absolute Gasteiger partial charge is 0.469 e. The number of unbranched alkanes of at least 4 members (excludes halogenated alkanes) is 3. The molecule has 0 aromatic rings. The van der Waals surface area contributed by atoms with Gasteiger partial charge in [-0.1, -0.05) is 50.5 Å². The average Bonchev–Trinajstić information content (AvgIpc) is 3.29. The summed E-state index contributed by atoms with van der Waals surface area (Å²) in [5, 5.41) is 0. The summed E-state index contributed by atoms with van der Waals surface area (Å²) in [7, 11) is -0.150. The van der Waals surface area contributed by atoms with Gasteiger partial charge in [0.05, 0.1) is 19.3 Å². The molecule has 0 amide bonds. The van der Waals surface area contributed by atoms with Crippen LogP contribution in [0.5, 0.6) is 0 Å². The molecule has 1 aliphatic carbocycles. The van der Waals surface area contributed by atoms with Gasteiger partial charge in [-0.25, -0.2) is 9.78 Å². The molecular formula is C24H42O5Si. The number of hydrogen-bond donors (Lipinski definition) is 0. The third-order valence-corrected chi connectivity index (χ3v) is 6.88. The maximum Gasteiger partial charge on any atom is 0.305 e. The van der Waals surface area contributed by atoms with E-state index >= 15 is 0 Å². The van der Waals surface area contributed by atoms with Crippen molar-refractivity contribution in [2.24, 2.45) is 11.8 Å². The van der Waals surface area contributed by atoms with Crippen LogP contribution in [0.3, 0.4) is 0 Å². The first kappa shape index (κ1) is 25.3. The Kier molecular flexibility index (Phi) is 10.8. The maximum atomic E-state index is 11.2. The summed E-state index contributed by atoms with van der Waals surface area (Å²) in [5.74, 6) is 0.684. The molecule has 0 radical (unpaired) electrons. The lowest BCUT2D eigenvalue weighted by Crippen LogP contribution is -2.32. The van der Waals surface area contributed by atoms with E-state index in [2.05, 4.69) is 55.6 Å². The minimum Gasteiger partial charge on any atom is -0.469 e. The molecule has 1 saturated carbocycles. The Hall–Kier alpha value is -0.953. The molecular weight excluding hydrogens is 396 g/mol. The number of methoxy groups -OCH3 is 1. The van der Waals surface area contributed by atoms with Crippen LogP contribution in [0, 0.1) is 11.8 Å². The van der Waals surface area contributed by atoms with Crippen molar-refractivity contribution in [3.63, 3.8) is 0 Å². The van der Waals surface area contributed by atoms with E-state index in [0.29, 0.717) is 18.3 Å². The monoisotopic (exact) mass is 438 g/mol. The molecule has 1 saturated heterocycles. The van der Waals surface area contributed by atoms with Crippen molar-refractivity contribution < 1.29 is 23.7 Å². The van der Waals surface area contributed by atoms with Crippen molar-refractivity contribution in [3.05, 3.63) is 24.3 Å². The first-order valence-electron chi connectivity index (χ1n) is 11.7. The van der Waals surface area contributed by atoms with E-state index in [1.165, 1.54) is 26.4 Å². The van der Waals surface area contributed by atoms with E-state index in [9.17, 15) is 4.79 Å². The number of rotatable bonds is 14. The van der Waals surface area contributed by atoms with Crippen molar-refractivity contribution in [1.29, 1.82) is 0 Å². The number of fused-ring (bicyclic) bond motifs is 2. The number of ether oxygens (including phenoxy) is 1. The summed E-state index contributed by atoms with van der Waals surface area (Å²) in [6.07, 6.45) is 18.6. The standard InChI is InChI=1S/C24H42O5Si/c1-6-7-10-13-19(29-30(3,4)5)16-17-21-20(22-18-23(21)28-27-22)14-11-8-9-12-15-24(25)26-2/h8,11,16-17,19-23H,6-7,9-10,12-15,18H2,1-5H3/b11-8+,17-16+/t19-,20+,21+,22-,23+/m0/s1. The quantitative estimate of drug-likeness (QED) is 0.110.